The van der Waals surface area contributed by atoms with Crippen molar-refractivity contribution in [3.05, 3.63) is 83.9 Å². The van der Waals surface area contributed by atoms with Gasteiger partial charge in [0.25, 0.3) is 5.91 Å². The van der Waals surface area contributed by atoms with Crippen LogP contribution in [0.5, 0.6) is 5.75 Å². The maximum atomic E-state index is 12.6. The molecule has 0 aliphatic heterocycles. The molecule has 0 bridgehead atoms. The van der Waals surface area contributed by atoms with E-state index >= 15 is 0 Å². The average Bonchev–Trinajstić information content (AvgIpc) is 3.15. The van der Waals surface area contributed by atoms with Crippen molar-refractivity contribution in [3.63, 3.8) is 0 Å². The SMILES string of the molecule is COc1ccccc1C(=O)Nc1ccc2nc(S[C@@H](C)c3ccccc3)sc2c1. The number of fused-ring (bicyclic) bond motifs is 1. The first-order valence-electron chi connectivity index (χ1n) is 9.20. The van der Waals surface area contributed by atoms with Crippen LogP contribution in [0.2, 0.25) is 0 Å². The van der Waals surface area contributed by atoms with Gasteiger partial charge in [-0.1, -0.05) is 54.2 Å². The number of aromatic nitrogens is 1. The molecule has 6 heteroatoms. The smallest absolute Gasteiger partial charge is 0.259 e. The number of amides is 1. The molecule has 0 fully saturated rings. The number of rotatable bonds is 6. The van der Waals surface area contributed by atoms with Crippen LogP contribution in [0.1, 0.15) is 28.1 Å². The van der Waals surface area contributed by atoms with Gasteiger partial charge in [0.05, 0.1) is 22.9 Å². The maximum absolute atomic E-state index is 12.6. The number of carbonyl (C=O) groups excluding carboxylic acids is 1. The number of hydrogen-bond donors (Lipinski definition) is 1. The van der Waals surface area contributed by atoms with Crippen molar-refractivity contribution in [3.8, 4) is 5.75 Å². The molecule has 1 atom stereocenters. The summed E-state index contributed by atoms with van der Waals surface area (Å²) in [6, 6.07) is 23.4. The predicted molar refractivity (Wildman–Crippen MR) is 121 cm³/mol. The minimum atomic E-state index is -0.196. The third-order valence-electron chi connectivity index (χ3n) is 4.52. The minimum absolute atomic E-state index is 0.196. The highest BCUT2D eigenvalue weighted by molar-refractivity contribution is 8.01. The fourth-order valence-corrected chi connectivity index (χ4v) is 5.38. The van der Waals surface area contributed by atoms with Gasteiger partial charge in [0.15, 0.2) is 4.34 Å². The maximum Gasteiger partial charge on any atom is 0.259 e. The molecule has 146 valence electrons. The first-order chi connectivity index (χ1) is 14.1. The fourth-order valence-electron chi connectivity index (χ4n) is 3.01. The van der Waals surface area contributed by atoms with Gasteiger partial charge >= 0.3 is 0 Å². The van der Waals surface area contributed by atoms with Crippen molar-refractivity contribution in [2.24, 2.45) is 0 Å². The molecule has 0 radical (unpaired) electrons. The molecule has 1 amide bonds. The molecule has 0 aliphatic carbocycles. The van der Waals surface area contributed by atoms with Gasteiger partial charge in [-0.05, 0) is 42.8 Å². The summed E-state index contributed by atoms with van der Waals surface area (Å²) >= 11 is 3.39. The average molecular weight is 421 g/mol. The van der Waals surface area contributed by atoms with E-state index in [4.69, 9.17) is 9.72 Å². The molecule has 3 aromatic carbocycles. The van der Waals surface area contributed by atoms with Crippen LogP contribution in [0.3, 0.4) is 0 Å². The number of nitrogens with one attached hydrogen (secondary N) is 1. The highest BCUT2D eigenvalue weighted by Gasteiger charge is 2.14. The molecule has 29 heavy (non-hydrogen) atoms. The van der Waals surface area contributed by atoms with E-state index in [0.717, 1.165) is 20.2 Å². The Kier molecular flexibility index (Phi) is 5.83. The molecule has 0 spiro atoms. The lowest BCUT2D eigenvalue weighted by molar-refractivity contribution is 0.102. The minimum Gasteiger partial charge on any atom is -0.496 e. The van der Waals surface area contributed by atoms with E-state index < -0.39 is 0 Å². The summed E-state index contributed by atoms with van der Waals surface area (Å²) in [5.41, 5.74) is 3.46. The zero-order valence-corrected chi connectivity index (χ0v) is 17.7. The Morgan fingerprint density at radius 1 is 1.07 bits per heavy atom. The number of anilines is 1. The summed E-state index contributed by atoms with van der Waals surface area (Å²) in [6.45, 7) is 2.19. The van der Waals surface area contributed by atoms with E-state index in [1.807, 2.05) is 36.4 Å². The Hall–Kier alpha value is -2.83. The third kappa shape index (κ3) is 4.44. The molecule has 0 saturated heterocycles. The zero-order valence-electron chi connectivity index (χ0n) is 16.1. The van der Waals surface area contributed by atoms with Crippen LogP contribution in [0.4, 0.5) is 5.69 Å². The Balaban J connectivity index is 1.52. The number of ether oxygens (including phenoxy) is 1. The standard InChI is InChI=1S/C23H20N2O2S2/c1-15(16-8-4-3-5-9-16)28-23-25-19-13-12-17(14-21(19)29-23)24-22(26)18-10-6-7-11-20(18)27-2/h3-15H,1-2H3,(H,24,26)/t15-/m0/s1. The molecular weight excluding hydrogens is 400 g/mol. The van der Waals surface area contributed by atoms with Gasteiger partial charge in [-0.25, -0.2) is 4.98 Å². The first-order valence-corrected chi connectivity index (χ1v) is 10.9. The second kappa shape index (κ2) is 8.68. The van der Waals surface area contributed by atoms with Crippen molar-refractivity contribution in [2.75, 3.05) is 12.4 Å². The van der Waals surface area contributed by atoms with Crippen LogP contribution in [-0.2, 0) is 0 Å². The molecular formula is C23H20N2O2S2. The number of para-hydroxylation sites is 1. The molecule has 0 aliphatic rings. The molecule has 1 aromatic heterocycles. The number of benzene rings is 3. The van der Waals surface area contributed by atoms with Crippen molar-refractivity contribution in [1.29, 1.82) is 0 Å². The number of methoxy groups -OCH3 is 1. The van der Waals surface area contributed by atoms with Crippen molar-refractivity contribution >= 4 is 44.9 Å². The number of hydrogen-bond acceptors (Lipinski definition) is 5. The number of carbonyl (C=O) groups is 1. The molecule has 0 saturated carbocycles. The van der Waals surface area contributed by atoms with Gasteiger partial charge < -0.3 is 10.1 Å². The highest BCUT2D eigenvalue weighted by Crippen LogP contribution is 2.39. The van der Waals surface area contributed by atoms with Gasteiger partial charge in [0, 0.05) is 10.9 Å². The van der Waals surface area contributed by atoms with Crippen molar-refractivity contribution in [2.45, 2.75) is 16.5 Å². The van der Waals surface area contributed by atoms with Crippen LogP contribution in [0.15, 0.2) is 77.1 Å². The van der Waals surface area contributed by atoms with Crippen molar-refractivity contribution in [1.82, 2.24) is 4.98 Å². The fraction of sp³-hybridized carbons (Fsp3) is 0.130. The first kappa shape index (κ1) is 19.5. The summed E-state index contributed by atoms with van der Waals surface area (Å²) in [6.07, 6.45) is 0. The highest BCUT2D eigenvalue weighted by atomic mass is 32.2. The predicted octanol–water partition coefficient (Wildman–Crippen LogP) is 6.41. The van der Waals surface area contributed by atoms with Gasteiger partial charge in [-0.2, -0.15) is 0 Å². The van der Waals surface area contributed by atoms with Crippen LogP contribution >= 0.6 is 23.1 Å². The third-order valence-corrected chi connectivity index (χ3v) is 6.79. The topological polar surface area (TPSA) is 51.2 Å². The monoisotopic (exact) mass is 420 g/mol. The normalized spacial score (nSPS) is 11.9. The lowest BCUT2D eigenvalue weighted by Crippen LogP contribution is -2.12. The molecule has 4 nitrogen and oxygen atoms in total. The molecule has 1 N–H and O–H groups in total. The number of nitrogens with zero attached hydrogens (tertiary/aromatic N) is 1. The molecule has 4 rings (SSSR count). The van der Waals surface area contributed by atoms with Crippen LogP contribution in [0.25, 0.3) is 10.2 Å². The van der Waals surface area contributed by atoms with E-state index in [2.05, 4.69) is 36.5 Å². The summed E-state index contributed by atoms with van der Waals surface area (Å²) in [7, 11) is 1.56. The number of thioether (sulfide) groups is 1. The van der Waals surface area contributed by atoms with E-state index in [-0.39, 0.29) is 5.91 Å². The van der Waals surface area contributed by atoms with Gasteiger partial charge in [-0.15, -0.1) is 11.3 Å². The van der Waals surface area contributed by atoms with Crippen LogP contribution < -0.4 is 10.1 Å². The van der Waals surface area contributed by atoms with Crippen molar-refractivity contribution < 1.29 is 9.53 Å². The van der Waals surface area contributed by atoms with Gasteiger partial charge in [-0.3, -0.25) is 4.79 Å². The summed E-state index contributed by atoms with van der Waals surface area (Å²) in [5.74, 6) is 0.357. The van der Waals surface area contributed by atoms with Gasteiger partial charge in [0.2, 0.25) is 0 Å². The van der Waals surface area contributed by atoms with Crippen LogP contribution in [-0.4, -0.2) is 18.0 Å². The van der Waals surface area contributed by atoms with Crippen LogP contribution in [0, 0.1) is 0 Å². The largest absolute Gasteiger partial charge is 0.496 e. The zero-order chi connectivity index (χ0) is 20.2. The molecule has 4 aromatic rings. The van der Waals surface area contributed by atoms with E-state index in [1.165, 1.54) is 5.56 Å². The lowest BCUT2D eigenvalue weighted by Gasteiger charge is -2.09. The van der Waals surface area contributed by atoms with E-state index in [9.17, 15) is 4.79 Å². The second-order valence-corrected chi connectivity index (χ2v) is 9.11. The Morgan fingerprint density at radius 3 is 2.62 bits per heavy atom. The van der Waals surface area contributed by atoms with E-state index in [1.54, 1.807) is 42.3 Å². The Labute approximate surface area is 177 Å². The second-order valence-electron chi connectivity index (χ2n) is 6.49. The Morgan fingerprint density at radius 2 is 1.83 bits per heavy atom. The Bertz CT molecular complexity index is 1140. The summed E-state index contributed by atoms with van der Waals surface area (Å²) in [4.78, 5) is 17.4. The molecule has 1 heterocycles. The molecule has 0 unspecified atom stereocenters. The summed E-state index contributed by atoms with van der Waals surface area (Å²) < 4.78 is 7.34. The lowest BCUT2D eigenvalue weighted by atomic mass is 10.2. The number of thiazole rings is 1. The van der Waals surface area contributed by atoms with Gasteiger partial charge in [0.1, 0.15) is 5.75 Å². The quantitative estimate of drug-likeness (QED) is 0.366. The van der Waals surface area contributed by atoms with E-state index in [0.29, 0.717) is 16.6 Å². The summed E-state index contributed by atoms with van der Waals surface area (Å²) in [5, 5.41) is 3.27.